The Labute approximate surface area is 172 Å². The van der Waals surface area contributed by atoms with Crippen LogP contribution in [0.4, 0.5) is 5.69 Å². The van der Waals surface area contributed by atoms with Gasteiger partial charge in [-0.25, -0.2) is 4.68 Å². The second-order valence-electron chi connectivity index (χ2n) is 6.23. The summed E-state index contributed by atoms with van der Waals surface area (Å²) in [5, 5.41) is 7.90. The van der Waals surface area contributed by atoms with Crippen molar-refractivity contribution in [3.05, 3.63) is 89.8 Å². The van der Waals surface area contributed by atoms with E-state index >= 15 is 0 Å². The Balaban J connectivity index is 1.73. The SMILES string of the molecule is COc1ccc(-n2nc(C(=O)Nc3cccc(Cl)c3)cc2-c2cccnc2)cc1. The lowest BCUT2D eigenvalue weighted by Crippen LogP contribution is -2.13. The third kappa shape index (κ3) is 4.12. The number of nitrogens with one attached hydrogen (secondary N) is 1. The molecule has 0 saturated heterocycles. The molecule has 144 valence electrons. The number of benzene rings is 2. The van der Waals surface area contributed by atoms with Gasteiger partial charge in [-0.1, -0.05) is 17.7 Å². The lowest BCUT2D eigenvalue weighted by Gasteiger charge is -2.08. The maximum atomic E-state index is 12.8. The summed E-state index contributed by atoms with van der Waals surface area (Å²) in [6.07, 6.45) is 3.43. The summed E-state index contributed by atoms with van der Waals surface area (Å²) in [6, 6.07) is 19.9. The highest BCUT2D eigenvalue weighted by atomic mass is 35.5. The van der Waals surface area contributed by atoms with Crippen LogP contribution in [0.15, 0.2) is 79.1 Å². The number of hydrogen-bond acceptors (Lipinski definition) is 4. The predicted octanol–water partition coefficient (Wildman–Crippen LogP) is 4.85. The molecule has 0 saturated carbocycles. The Hall–Kier alpha value is -3.64. The van der Waals surface area contributed by atoms with E-state index in [9.17, 15) is 4.79 Å². The minimum atomic E-state index is -0.329. The van der Waals surface area contributed by atoms with Crippen molar-refractivity contribution in [3.8, 4) is 22.7 Å². The van der Waals surface area contributed by atoms with Crippen molar-refractivity contribution in [2.45, 2.75) is 0 Å². The fourth-order valence-electron chi connectivity index (χ4n) is 2.89. The number of halogens is 1. The van der Waals surface area contributed by atoms with Gasteiger partial charge in [0.15, 0.2) is 5.69 Å². The van der Waals surface area contributed by atoms with Crippen molar-refractivity contribution >= 4 is 23.2 Å². The van der Waals surface area contributed by atoms with Crippen LogP contribution in [0.3, 0.4) is 0 Å². The number of amides is 1. The summed E-state index contributed by atoms with van der Waals surface area (Å²) in [5.41, 5.74) is 3.27. The molecular formula is C22H17ClN4O2. The maximum Gasteiger partial charge on any atom is 0.276 e. The van der Waals surface area contributed by atoms with Crippen LogP contribution in [0.5, 0.6) is 5.75 Å². The number of ether oxygens (including phenoxy) is 1. The van der Waals surface area contributed by atoms with Crippen LogP contribution in [0.1, 0.15) is 10.5 Å². The van der Waals surface area contributed by atoms with Crippen LogP contribution in [-0.2, 0) is 0 Å². The van der Waals surface area contributed by atoms with Gasteiger partial charge in [0.1, 0.15) is 5.75 Å². The summed E-state index contributed by atoms with van der Waals surface area (Å²) in [7, 11) is 1.61. The summed E-state index contributed by atoms with van der Waals surface area (Å²) >= 11 is 6.00. The topological polar surface area (TPSA) is 69.0 Å². The third-order valence-corrected chi connectivity index (χ3v) is 4.53. The van der Waals surface area contributed by atoms with E-state index in [1.807, 2.05) is 36.4 Å². The van der Waals surface area contributed by atoms with E-state index in [1.165, 1.54) is 0 Å². The highest BCUT2D eigenvalue weighted by molar-refractivity contribution is 6.30. The Morgan fingerprint density at radius 2 is 1.90 bits per heavy atom. The summed E-state index contributed by atoms with van der Waals surface area (Å²) in [4.78, 5) is 17.0. The van der Waals surface area contributed by atoms with Crippen molar-refractivity contribution in [2.24, 2.45) is 0 Å². The molecule has 4 aromatic rings. The number of hydrogen-bond donors (Lipinski definition) is 1. The van der Waals surface area contributed by atoms with Crippen LogP contribution in [0.2, 0.25) is 5.02 Å². The van der Waals surface area contributed by atoms with E-state index in [-0.39, 0.29) is 11.6 Å². The largest absolute Gasteiger partial charge is 0.497 e. The van der Waals surface area contributed by atoms with Crippen LogP contribution in [-0.4, -0.2) is 27.8 Å². The zero-order chi connectivity index (χ0) is 20.2. The van der Waals surface area contributed by atoms with Crippen molar-refractivity contribution < 1.29 is 9.53 Å². The van der Waals surface area contributed by atoms with Crippen molar-refractivity contribution in [1.29, 1.82) is 0 Å². The van der Waals surface area contributed by atoms with Gasteiger partial charge in [-0.05, 0) is 60.7 Å². The molecule has 0 aliphatic heterocycles. The van der Waals surface area contributed by atoms with E-state index in [0.717, 1.165) is 22.7 Å². The Morgan fingerprint density at radius 1 is 1.07 bits per heavy atom. The number of carbonyl (C=O) groups is 1. The Kier molecular flexibility index (Phi) is 5.27. The van der Waals surface area contributed by atoms with Gasteiger partial charge in [-0.2, -0.15) is 5.10 Å². The van der Waals surface area contributed by atoms with Gasteiger partial charge in [0.25, 0.3) is 5.91 Å². The molecule has 0 aliphatic carbocycles. The standard InChI is InChI=1S/C22H17ClN4O2/c1-29-19-9-7-18(8-10-19)27-21(15-4-3-11-24-14-15)13-20(26-27)22(28)25-17-6-2-5-16(23)12-17/h2-14H,1H3,(H,25,28). The normalized spacial score (nSPS) is 10.6. The zero-order valence-corrected chi connectivity index (χ0v) is 16.3. The lowest BCUT2D eigenvalue weighted by atomic mass is 10.2. The van der Waals surface area contributed by atoms with E-state index in [4.69, 9.17) is 16.3 Å². The molecule has 0 radical (unpaired) electrons. The molecule has 1 N–H and O–H groups in total. The number of nitrogens with zero attached hydrogens (tertiary/aromatic N) is 3. The van der Waals surface area contributed by atoms with Crippen LogP contribution in [0.25, 0.3) is 16.9 Å². The second-order valence-corrected chi connectivity index (χ2v) is 6.67. The molecule has 0 spiro atoms. The van der Waals surface area contributed by atoms with Crippen LogP contribution >= 0.6 is 11.6 Å². The second kappa shape index (κ2) is 8.16. The first kappa shape index (κ1) is 18.7. The molecular weight excluding hydrogens is 388 g/mol. The van der Waals surface area contributed by atoms with E-state index < -0.39 is 0 Å². The van der Waals surface area contributed by atoms with Crippen molar-refractivity contribution in [1.82, 2.24) is 14.8 Å². The number of pyridine rings is 1. The minimum absolute atomic E-state index is 0.277. The fraction of sp³-hybridized carbons (Fsp3) is 0.0455. The molecule has 2 aromatic carbocycles. The Morgan fingerprint density at radius 3 is 2.59 bits per heavy atom. The van der Waals surface area contributed by atoms with Gasteiger partial charge in [0, 0.05) is 28.7 Å². The maximum absolute atomic E-state index is 12.8. The van der Waals surface area contributed by atoms with Gasteiger partial charge in [0.05, 0.1) is 18.5 Å². The van der Waals surface area contributed by atoms with Crippen LogP contribution < -0.4 is 10.1 Å². The monoisotopic (exact) mass is 404 g/mol. The van der Waals surface area contributed by atoms with Crippen LogP contribution in [0, 0.1) is 0 Å². The molecule has 6 nitrogen and oxygen atoms in total. The first-order chi connectivity index (χ1) is 14.1. The first-order valence-electron chi connectivity index (χ1n) is 8.86. The molecule has 2 aromatic heterocycles. The smallest absolute Gasteiger partial charge is 0.276 e. The average Bonchev–Trinajstić information content (AvgIpc) is 3.20. The van der Waals surface area contributed by atoms with Gasteiger partial charge < -0.3 is 10.1 Å². The molecule has 1 amide bonds. The number of anilines is 1. The Bertz CT molecular complexity index is 1140. The molecule has 2 heterocycles. The van der Waals surface area contributed by atoms with Crippen molar-refractivity contribution in [3.63, 3.8) is 0 Å². The van der Waals surface area contributed by atoms with E-state index in [2.05, 4.69) is 15.4 Å². The lowest BCUT2D eigenvalue weighted by molar-refractivity contribution is 0.102. The molecule has 0 bridgehead atoms. The molecule has 0 unspecified atom stereocenters. The summed E-state index contributed by atoms with van der Waals surface area (Å²) in [6.45, 7) is 0. The average molecular weight is 405 g/mol. The number of carbonyl (C=O) groups excluding carboxylic acids is 1. The fourth-order valence-corrected chi connectivity index (χ4v) is 3.08. The van der Waals surface area contributed by atoms with E-state index in [1.54, 1.807) is 54.5 Å². The molecule has 7 heteroatoms. The quantitative estimate of drug-likeness (QED) is 0.516. The summed E-state index contributed by atoms with van der Waals surface area (Å²) < 4.78 is 6.94. The van der Waals surface area contributed by atoms with Gasteiger partial charge >= 0.3 is 0 Å². The van der Waals surface area contributed by atoms with E-state index in [0.29, 0.717) is 10.7 Å². The third-order valence-electron chi connectivity index (χ3n) is 4.30. The minimum Gasteiger partial charge on any atom is -0.497 e. The molecule has 4 rings (SSSR count). The van der Waals surface area contributed by atoms with Gasteiger partial charge in [0.2, 0.25) is 0 Å². The van der Waals surface area contributed by atoms with Gasteiger partial charge in [-0.15, -0.1) is 0 Å². The molecule has 0 aliphatic rings. The zero-order valence-electron chi connectivity index (χ0n) is 15.5. The highest BCUT2D eigenvalue weighted by Crippen LogP contribution is 2.25. The molecule has 0 fully saturated rings. The first-order valence-corrected chi connectivity index (χ1v) is 9.23. The predicted molar refractivity (Wildman–Crippen MR) is 113 cm³/mol. The molecule has 29 heavy (non-hydrogen) atoms. The highest BCUT2D eigenvalue weighted by Gasteiger charge is 2.17. The van der Waals surface area contributed by atoms with Gasteiger partial charge in [-0.3, -0.25) is 9.78 Å². The number of rotatable bonds is 5. The molecule has 0 atom stereocenters. The summed E-state index contributed by atoms with van der Waals surface area (Å²) in [5.74, 6) is 0.410. The number of aromatic nitrogens is 3. The number of methoxy groups -OCH3 is 1. The van der Waals surface area contributed by atoms with Crippen molar-refractivity contribution in [2.75, 3.05) is 12.4 Å².